The number of aryl methyl sites for hydroxylation is 1. The van der Waals surface area contributed by atoms with E-state index in [1.165, 1.54) is 11.1 Å². The Morgan fingerprint density at radius 2 is 1.60 bits per heavy atom. The minimum atomic E-state index is -3.75. The zero-order valence-corrected chi connectivity index (χ0v) is 21.2. The third kappa shape index (κ3) is 4.65. The summed E-state index contributed by atoms with van der Waals surface area (Å²) in [6.07, 6.45) is 3.13. The summed E-state index contributed by atoms with van der Waals surface area (Å²) in [4.78, 5) is 0.243. The van der Waals surface area contributed by atoms with Crippen LogP contribution in [0.4, 0.5) is 5.69 Å². The summed E-state index contributed by atoms with van der Waals surface area (Å²) in [6.45, 7) is 6.35. The number of fused-ring (bicyclic) bond motifs is 1. The molecule has 2 unspecified atom stereocenters. The van der Waals surface area contributed by atoms with Gasteiger partial charge in [-0.15, -0.1) is 0 Å². The lowest BCUT2D eigenvalue weighted by Crippen LogP contribution is -2.16. The average Bonchev–Trinajstić information content (AvgIpc) is 3.16. The number of hydrogen-bond donors (Lipinski definition) is 1. The highest BCUT2D eigenvalue weighted by atomic mass is 32.2. The van der Waals surface area contributed by atoms with Gasteiger partial charge in [0, 0.05) is 6.42 Å². The molecule has 0 spiro atoms. The van der Waals surface area contributed by atoms with E-state index in [0.29, 0.717) is 11.6 Å². The lowest BCUT2D eigenvalue weighted by Gasteiger charge is -2.21. The van der Waals surface area contributed by atoms with E-state index in [-0.39, 0.29) is 10.8 Å². The van der Waals surface area contributed by atoms with Gasteiger partial charge in [-0.3, -0.25) is 4.72 Å². The van der Waals surface area contributed by atoms with Gasteiger partial charge in [0.2, 0.25) is 0 Å². The number of rotatable bonds is 6. The third-order valence-electron chi connectivity index (χ3n) is 7.06. The average molecular weight is 486 g/mol. The van der Waals surface area contributed by atoms with Gasteiger partial charge in [0.05, 0.1) is 16.5 Å². The summed E-state index contributed by atoms with van der Waals surface area (Å²) in [6, 6.07) is 24.7. The van der Waals surface area contributed by atoms with Gasteiger partial charge in [0.1, 0.15) is 11.5 Å². The number of para-hydroxylation sites is 1. The van der Waals surface area contributed by atoms with E-state index in [0.717, 1.165) is 47.5 Å². The van der Waals surface area contributed by atoms with Gasteiger partial charge in [-0.05, 0) is 73.1 Å². The lowest BCUT2D eigenvalue weighted by atomic mass is 9.84. The monoisotopic (exact) mass is 485 g/mol. The van der Waals surface area contributed by atoms with Crippen molar-refractivity contribution in [2.24, 2.45) is 5.92 Å². The van der Waals surface area contributed by atoms with Crippen LogP contribution in [0.3, 0.4) is 0 Å². The van der Waals surface area contributed by atoms with Crippen LogP contribution in [0.25, 0.3) is 0 Å². The van der Waals surface area contributed by atoms with Crippen molar-refractivity contribution in [1.29, 1.82) is 0 Å². The fourth-order valence-corrected chi connectivity index (χ4v) is 6.17. The number of furan rings is 1. The van der Waals surface area contributed by atoms with Gasteiger partial charge in [0.15, 0.2) is 0 Å². The van der Waals surface area contributed by atoms with Gasteiger partial charge in [-0.25, -0.2) is 8.42 Å². The highest BCUT2D eigenvalue weighted by molar-refractivity contribution is 7.92. The fourth-order valence-electron chi connectivity index (χ4n) is 5.09. The Hall–Kier alpha value is -3.31. The number of benzene rings is 3. The first-order chi connectivity index (χ1) is 16.8. The molecule has 5 heteroatoms. The zero-order chi connectivity index (χ0) is 24.6. The largest absolute Gasteiger partial charge is 0.464 e. The predicted octanol–water partition coefficient (Wildman–Crippen LogP) is 7.00. The summed E-state index contributed by atoms with van der Waals surface area (Å²) in [5.74, 6) is 2.35. The maximum atomic E-state index is 13.3. The molecule has 0 bridgehead atoms. The van der Waals surface area contributed by atoms with Gasteiger partial charge in [0.25, 0.3) is 10.0 Å². The maximum absolute atomic E-state index is 13.3. The standard InChI is InChI=1S/C30H31NO3S/c1-20-13-16-24(17-14-20)35(32,33)31-27-12-8-7-11-26(27)29(23-9-5-4-6-10-23)30-22(3)25-18-15-21(2)19-28(25)34-30/h4-14,16-17,21,29,31H,15,18-19H2,1-3H3. The van der Waals surface area contributed by atoms with Gasteiger partial charge in [-0.1, -0.05) is 73.2 Å². The van der Waals surface area contributed by atoms with E-state index in [4.69, 9.17) is 4.42 Å². The Morgan fingerprint density at radius 1 is 0.914 bits per heavy atom. The Balaban J connectivity index is 1.63. The number of nitrogens with one attached hydrogen (secondary N) is 1. The quantitative estimate of drug-likeness (QED) is 0.320. The summed E-state index contributed by atoms with van der Waals surface area (Å²) in [5.41, 5.74) is 6.01. The van der Waals surface area contributed by atoms with Crippen molar-refractivity contribution in [2.45, 2.75) is 50.8 Å². The Labute approximate surface area is 208 Å². The topological polar surface area (TPSA) is 59.3 Å². The smallest absolute Gasteiger partial charge is 0.261 e. The second-order valence-electron chi connectivity index (χ2n) is 9.69. The molecule has 1 aliphatic rings. The molecule has 180 valence electrons. The molecule has 0 saturated carbocycles. The summed E-state index contributed by atoms with van der Waals surface area (Å²) >= 11 is 0. The van der Waals surface area contributed by atoms with Crippen LogP contribution in [-0.2, 0) is 22.9 Å². The Morgan fingerprint density at radius 3 is 2.34 bits per heavy atom. The van der Waals surface area contributed by atoms with Crippen molar-refractivity contribution in [1.82, 2.24) is 0 Å². The van der Waals surface area contributed by atoms with Crippen molar-refractivity contribution in [3.63, 3.8) is 0 Å². The SMILES string of the molecule is Cc1ccc(S(=O)(=O)Nc2ccccc2C(c2ccccc2)c2oc3c(c2C)CCC(C)C3)cc1. The fraction of sp³-hybridized carbons (Fsp3) is 0.267. The first-order valence-electron chi connectivity index (χ1n) is 12.2. The van der Waals surface area contributed by atoms with E-state index >= 15 is 0 Å². The van der Waals surface area contributed by atoms with E-state index in [1.807, 2.05) is 61.5 Å². The predicted molar refractivity (Wildman–Crippen MR) is 140 cm³/mol. The first kappa shape index (κ1) is 23.4. The normalized spacial score (nSPS) is 16.5. The van der Waals surface area contributed by atoms with Crippen LogP contribution in [0.1, 0.15) is 58.6 Å². The molecule has 0 saturated heterocycles. The van der Waals surface area contributed by atoms with Crippen LogP contribution in [0, 0.1) is 19.8 Å². The molecule has 0 radical (unpaired) electrons. The van der Waals surface area contributed by atoms with Crippen LogP contribution < -0.4 is 4.72 Å². The molecule has 2 atom stereocenters. The van der Waals surface area contributed by atoms with E-state index in [2.05, 4.69) is 30.7 Å². The van der Waals surface area contributed by atoms with Crippen LogP contribution >= 0.6 is 0 Å². The molecule has 5 rings (SSSR count). The van der Waals surface area contributed by atoms with Crippen molar-refractivity contribution in [3.8, 4) is 0 Å². The minimum absolute atomic E-state index is 0.228. The zero-order valence-electron chi connectivity index (χ0n) is 20.4. The molecule has 35 heavy (non-hydrogen) atoms. The molecule has 1 N–H and O–H groups in total. The summed E-state index contributed by atoms with van der Waals surface area (Å²) in [5, 5.41) is 0. The molecule has 1 aromatic heterocycles. The van der Waals surface area contributed by atoms with E-state index < -0.39 is 10.0 Å². The Kier molecular flexibility index (Phi) is 6.28. The lowest BCUT2D eigenvalue weighted by molar-refractivity contribution is 0.394. The molecule has 4 aromatic rings. The van der Waals surface area contributed by atoms with Crippen molar-refractivity contribution >= 4 is 15.7 Å². The first-order valence-corrected chi connectivity index (χ1v) is 13.7. The Bertz CT molecular complexity index is 1440. The molecule has 0 aliphatic heterocycles. The molecule has 0 amide bonds. The molecule has 3 aromatic carbocycles. The molecular weight excluding hydrogens is 454 g/mol. The van der Waals surface area contributed by atoms with Crippen molar-refractivity contribution in [3.05, 3.63) is 118 Å². The summed E-state index contributed by atoms with van der Waals surface area (Å²) < 4.78 is 36.0. The maximum Gasteiger partial charge on any atom is 0.261 e. The second kappa shape index (κ2) is 9.38. The van der Waals surface area contributed by atoms with Gasteiger partial charge in [-0.2, -0.15) is 0 Å². The van der Waals surface area contributed by atoms with Gasteiger partial charge < -0.3 is 4.42 Å². The second-order valence-corrected chi connectivity index (χ2v) is 11.4. The number of anilines is 1. The number of sulfonamides is 1. The van der Waals surface area contributed by atoms with Crippen molar-refractivity contribution < 1.29 is 12.8 Å². The molecule has 0 fully saturated rings. The molecule has 1 aliphatic carbocycles. The minimum Gasteiger partial charge on any atom is -0.464 e. The number of hydrogen-bond acceptors (Lipinski definition) is 3. The van der Waals surface area contributed by atoms with Crippen LogP contribution in [-0.4, -0.2) is 8.42 Å². The van der Waals surface area contributed by atoms with Crippen LogP contribution in [0.2, 0.25) is 0 Å². The van der Waals surface area contributed by atoms with Gasteiger partial charge >= 0.3 is 0 Å². The molecule has 4 nitrogen and oxygen atoms in total. The van der Waals surface area contributed by atoms with E-state index in [1.54, 1.807) is 12.1 Å². The highest BCUT2D eigenvalue weighted by Crippen LogP contribution is 2.42. The van der Waals surface area contributed by atoms with Crippen molar-refractivity contribution in [2.75, 3.05) is 4.72 Å². The highest BCUT2D eigenvalue weighted by Gasteiger charge is 2.31. The van der Waals surface area contributed by atoms with E-state index in [9.17, 15) is 8.42 Å². The molecular formula is C30H31NO3S. The summed E-state index contributed by atoms with van der Waals surface area (Å²) in [7, 11) is -3.75. The molecule has 1 heterocycles. The van der Waals surface area contributed by atoms with Crippen LogP contribution in [0.15, 0.2) is 88.2 Å². The van der Waals surface area contributed by atoms with Crippen LogP contribution in [0.5, 0.6) is 0 Å². The third-order valence-corrected chi connectivity index (χ3v) is 8.44.